The normalized spacial score (nSPS) is 12.8. The molecule has 0 amide bonds. The fraction of sp³-hybridized carbons (Fsp3) is 0.556. The van der Waals surface area contributed by atoms with E-state index >= 15 is 0 Å². The van der Waals surface area contributed by atoms with Gasteiger partial charge in [-0.2, -0.15) is 0 Å². The van der Waals surface area contributed by atoms with Crippen LogP contribution in [0.15, 0.2) is 18.7 Å². The molecule has 3 nitrogen and oxygen atoms in total. The number of nitrogens with one attached hydrogen (secondary N) is 1. The monoisotopic (exact) mass is 165 g/mol. The van der Waals surface area contributed by atoms with E-state index in [-0.39, 0.29) is 0 Å². The first-order chi connectivity index (χ1) is 5.88. The average molecular weight is 165 g/mol. The van der Waals surface area contributed by atoms with Crippen molar-refractivity contribution in [2.45, 2.75) is 26.3 Å². The highest BCUT2D eigenvalue weighted by Crippen LogP contribution is 2.12. The summed E-state index contributed by atoms with van der Waals surface area (Å²) in [6.07, 6.45) is 6.36. The predicted octanol–water partition coefficient (Wildman–Crippen LogP) is 1.54. The van der Waals surface area contributed by atoms with E-state index in [1.807, 2.05) is 12.4 Å². The summed E-state index contributed by atoms with van der Waals surface area (Å²) in [4.78, 5) is 7.97. The number of nitrogens with zero attached hydrogens (tertiary/aromatic N) is 2. The molecule has 0 bridgehead atoms. The van der Waals surface area contributed by atoms with E-state index < -0.39 is 0 Å². The maximum absolute atomic E-state index is 3.98. The Bertz CT molecular complexity index is 210. The first kappa shape index (κ1) is 9.13. The lowest BCUT2D eigenvalue weighted by atomic mass is 10.1. The highest BCUT2D eigenvalue weighted by Gasteiger charge is 2.06. The first-order valence-electron chi connectivity index (χ1n) is 4.36. The molecule has 1 unspecified atom stereocenters. The van der Waals surface area contributed by atoms with Crippen LogP contribution < -0.4 is 5.32 Å². The van der Waals surface area contributed by atoms with Crippen molar-refractivity contribution in [2.75, 3.05) is 6.54 Å². The van der Waals surface area contributed by atoms with Gasteiger partial charge in [-0.15, -0.1) is 0 Å². The fourth-order valence-corrected chi connectivity index (χ4v) is 1.23. The number of hydrogen-bond acceptors (Lipinski definition) is 3. The summed E-state index contributed by atoms with van der Waals surface area (Å²) in [5.41, 5.74) is 1.17. The van der Waals surface area contributed by atoms with Gasteiger partial charge in [-0.3, -0.25) is 0 Å². The molecule has 12 heavy (non-hydrogen) atoms. The van der Waals surface area contributed by atoms with Gasteiger partial charge in [0.15, 0.2) is 0 Å². The van der Waals surface area contributed by atoms with Crippen LogP contribution in [-0.2, 0) is 0 Å². The quantitative estimate of drug-likeness (QED) is 0.735. The van der Waals surface area contributed by atoms with Crippen molar-refractivity contribution in [1.29, 1.82) is 0 Å². The van der Waals surface area contributed by atoms with Gasteiger partial charge in [0.2, 0.25) is 0 Å². The molecule has 0 fully saturated rings. The van der Waals surface area contributed by atoms with Crippen molar-refractivity contribution < 1.29 is 0 Å². The highest BCUT2D eigenvalue weighted by molar-refractivity contribution is 5.08. The maximum atomic E-state index is 3.98. The topological polar surface area (TPSA) is 37.8 Å². The van der Waals surface area contributed by atoms with Gasteiger partial charge in [0.1, 0.15) is 6.33 Å². The lowest BCUT2D eigenvalue weighted by molar-refractivity contribution is 0.534. The molecule has 0 aliphatic carbocycles. The molecule has 0 radical (unpaired) electrons. The molecule has 0 aliphatic rings. The summed E-state index contributed by atoms with van der Waals surface area (Å²) >= 11 is 0. The zero-order valence-corrected chi connectivity index (χ0v) is 7.62. The molecular formula is C9H15N3. The molecule has 1 atom stereocenters. The lowest BCUT2D eigenvalue weighted by Crippen LogP contribution is -2.20. The van der Waals surface area contributed by atoms with E-state index in [1.165, 1.54) is 5.56 Å². The predicted molar refractivity (Wildman–Crippen MR) is 48.7 cm³/mol. The lowest BCUT2D eigenvalue weighted by Gasteiger charge is -2.14. The summed E-state index contributed by atoms with van der Waals surface area (Å²) in [5, 5.41) is 3.37. The van der Waals surface area contributed by atoms with Crippen molar-refractivity contribution in [3.63, 3.8) is 0 Å². The fourth-order valence-electron chi connectivity index (χ4n) is 1.23. The van der Waals surface area contributed by atoms with Crippen LogP contribution in [0.3, 0.4) is 0 Å². The number of hydrogen-bond donors (Lipinski definition) is 1. The van der Waals surface area contributed by atoms with Crippen LogP contribution >= 0.6 is 0 Å². The van der Waals surface area contributed by atoms with Crippen molar-refractivity contribution in [3.8, 4) is 0 Å². The second kappa shape index (κ2) is 4.83. The van der Waals surface area contributed by atoms with Crippen molar-refractivity contribution >= 4 is 0 Å². The van der Waals surface area contributed by atoms with Crippen LogP contribution in [0.4, 0.5) is 0 Å². The van der Waals surface area contributed by atoms with Crippen molar-refractivity contribution in [3.05, 3.63) is 24.3 Å². The van der Waals surface area contributed by atoms with Gasteiger partial charge >= 0.3 is 0 Å². The van der Waals surface area contributed by atoms with Crippen molar-refractivity contribution in [2.24, 2.45) is 0 Å². The summed E-state index contributed by atoms with van der Waals surface area (Å²) in [6, 6.07) is 0.399. The Hall–Kier alpha value is -0.960. The van der Waals surface area contributed by atoms with Gasteiger partial charge in [0, 0.05) is 24.0 Å². The molecule has 0 saturated carbocycles. The smallest absolute Gasteiger partial charge is 0.115 e. The number of rotatable bonds is 4. The second-order valence-corrected chi connectivity index (χ2v) is 2.69. The maximum Gasteiger partial charge on any atom is 0.115 e. The van der Waals surface area contributed by atoms with E-state index in [0.29, 0.717) is 6.04 Å². The van der Waals surface area contributed by atoms with Crippen LogP contribution in [0.2, 0.25) is 0 Å². The molecule has 0 spiro atoms. The zero-order valence-electron chi connectivity index (χ0n) is 7.62. The Labute approximate surface area is 73.2 Å². The minimum atomic E-state index is 0.399. The minimum absolute atomic E-state index is 0.399. The Kier molecular flexibility index (Phi) is 3.67. The van der Waals surface area contributed by atoms with Crippen LogP contribution in [-0.4, -0.2) is 16.5 Å². The van der Waals surface area contributed by atoms with Gasteiger partial charge < -0.3 is 5.32 Å². The Morgan fingerprint density at radius 1 is 1.33 bits per heavy atom. The summed E-state index contributed by atoms with van der Waals surface area (Å²) in [5.74, 6) is 0. The average Bonchev–Trinajstić information content (AvgIpc) is 2.15. The van der Waals surface area contributed by atoms with Gasteiger partial charge in [-0.25, -0.2) is 9.97 Å². The first-order valence-corrected chi connectivity index (χ1v) is 4.36. The minimum Gasteiger partial charge on any atom is -0.310 e. The SMILES string of the molecule is CCNC(CC)c1cncnc1. The van der Waals surface area contributed by atoms with Crippen LogP contribution in [0.1, 0.15) is 31.9 Å². The largest absolute Gasteiger partial charge is 0.310 e. The van der Waals surface area contributed by atoms with E-state index in [9.17, 15) is 0 Å². The van der Waals surface area contributed by atoms with Crippen LogP contribution in [0.25, 0.3) is 0 Å². The molecule has 0 aliphatic heterocycles. The molecule has 66 valence electrons. The Morgan fingerprint density at radius 3 is 2.50 bits per heavy atom. The second-order valence-electron chi connectivity index (χ2n) is 2.69. The van der Waals surface area contributed by atoms with E-state index in [4.69, 9.17) is 0 Å². The highest BCUT2D eigenvalue weighted by atomic mass is 14.9. The van der Waals surface area contributed by atoms with Crippen LogP contribution in [0, 0.1) is 0 Å². The molecule has 3 heteroatoms. The third-order valence-electron chi connectivity index (χ3n) is 1.84. The van der Waals surface area contributed by atoms with Gasteiger partial charge in [-0.05, 0) is 13.0 Å². The van der Waals surface area contributed by atoms with Gasteiger partial charge in [0.05, 0.1) is 0 Å². The summed E-state index contributed by atoms with van der Waals surface area (Å²) in [6.45, 7) is 5.24. The molecule has 0 saturated heterocycles. The molecular weight excluding hydrogens is 150 g/mol. The Morgan fingerprint density at radius 2 is 2.00 bits per heavy atom. The van der Waals surface area contributed by atoms with E-state index in [2.05, 4.69) is 29.1 Å². The molecule has 1 heterocycles. The molecule has 1 rings (SSSR count). The molecule has 0 aromatic carbocycles. The Balaban J connectivity index is 2.66. The third kappa shape index (κ3) is 2.27. The van der Waals surface area contributed by atoms with Gasteiger partial charge in [-0.1, -0.05) is 13.8 Å². The van der Waals surface area contributed by atoms with E-state index in [0.717, 1.165) is 13.0 Å². The molecule has 1 aromatic heterocycles. The third-order valence-corrected chi connectivity index (χ3v) is 1.84. The van der Waals surface area contributed by atoms with Gasteiger partial charge in [0.25, 0.3) is 0 Å². The number of aromatic nitrogens is 2. The molecule has 1 N–H and O–H groups in total. The van der Waals surface area contributed by atoms with E-state index in [1.54, 1.807) is 6.33 Å². The summed E-state index contributed by atoms with van der Waals surface area (Å²) < 4.78 is 0. The van der Waals surface area contributed by atoms with Crippen LogP contribution in [0.5, 0.6) is 0 Å². The van der Waals surface area contributed by atoms with Crippen molar-refractivity contribution in [1.82, 2.24) is 15.3 Å². The zero-order chi connectivity index (χ0) is 8.81. The standard InChI is InChI=1S/C9H15N3/c1-3-9(12-4-2)8-5-10-7-11-6-8/h5-7,9,12H,3-4H2,1-2H3. The summed E-state index contributed by atoms with van der Waals surface area (Å²) in [7, 11) is 0. The molecule has 1 aromatic rings.